The maximum absolute atomic E-state index is 14.2. The van der Waals surface area contributed by atoms with Crippen molar-refractivity contribution in [2.45, 2.75) is 19.6 Å². The molecule has 0 radical (unpaired) electrons. The van der Waals surface area contributed by atoms with Crippen molar-refractivity contribution in [2.75, 3.05) is 18.9 Å². The molecule has 0 fully saturated rings. The number of halogens is 1. The third kappa shape index (κ3) is 5.24. The molecular formula is C26H24FN5O4S. The number of thiophene rings is 1. The fraction of sp³-hybridized carbons (Fsp3) is 0.192. The van der Waals surface area contributed by atoms with Gasteiger partial charge >= 0.3 is 0 Å². The van der Waals surface area contributed by atoms with Crippen LogP contribution in [0.5, 0.6) is 17.2 Å². The van der Waals surface area contributed by atoms with E-state index in [1.54, 1.807) is 41.7 Å². The van der Waals surface area contributed by atoms with Crippen molar-refractivity contribution in [3.8, 4) is 28.5 Å². The second kappa shape index (κ2) is 10.5. The summed E-state index contributed by atoms with van der Waals surface area (Å²) in [6, 6.07) is 14.5. The number of rotatable bonds is 9. The zero-order valence-corrected chi connectivity index (χ0v) is 20.7. The Hall–Kier alpha value is -4.06. The Morgan fingerprint density at radius 1 is 1.00 bits per heavy atom. The molecule has 0 aliphatic rings. The van der Waals surface area contributed by atoms with Crippen molar-refractivity contribution in [2.24, 2.45) is 0 Å². The molecule has 37 heavy (non-hydrogen) atoms. The number of aliphatic hydroxyl groups is 2. The smallest absolute Gasteiger partial charge is 0.164 e. The predicted molar refractivity (Wildman–Crippen MR) is 138 cm³/mol. The van der Waals surface area contributed by atoms with E-state index in [-0.39, 0.29) is 19.0 Å². The number of aryl methyl sites for hydroxylation is 1. The van der Waals surface area contributed by atoms with Crippen LogP contribution >= 0.6 is 11.3 Å². The number of nitrogens with two attached hydrogens (primary N) is 1. The fourth-order valence-corrected chi connectivity index (χ4v) is 4.68. The van der Waals surface area contributed by atoms with Crippen molar-refractivity contribution < 1.29 is 24.1 Å². The Balaban J connectivity index is 1.38. The van der Waals surface area contributed by atoms with Crippen LogP contribution in [0.15, 0.2) is 60.9 Å². The average Bonchev–Trinajstić information content (AvgIpc) is 3.48. The summed E-state index contributed by atoms with van der Waals surface area (Å²) in [5, 5.41) is 24.4. The van der Waals surface area contributed by atoms with Crippen LogP contribution in [0.2, 0.25) is 0 Å². The number of ether oxygens (including phenoxy) is 2. The number of fused-ring (bicyclic) bond motifs is 1. The number of nitrogens with zero attached hydrogens (tertiary/aromatic N) is 4. The Kier molecular flexibility index (Phi) is 6.99. The topological polar surface area (TPSA) is 129 Å². The van der Waals surface area contributed by atoms with Crippen molar-refractivity contribution in [1.29, 1.82) is 0 Å². The molecule has 11 heteroatoms. The number of aliphatic hydroxyl groups excluding tert-OH is 2. The van der Waals surface area contributed by atoms with E-state index in [9.17, 15) is 14.6 Å². The van der Waals surface area contributed by atoms with Crippen LogP contribution in [-0.4, -0.2) is 43.2 Å². The molecule has 0 spiro atoms. The van der Waals surface area contributed by atoms with Gasteiger partial charge < -0.3 is 25.4 Å². The van der Waals surface area contributed by atoms with Gasteiger partial charge in [0.1, 0.15) is 53.6 Å². The van der Waals surface area contributed by atoms with E-state index in [0.29, 0.717) is 46.1 Å². The summed E-state index contributed by atoms with van der Waals surface area (Å²) in [5.74, 6) is 0.900. The maximum Gasteiger partial charge on any atom is 0.164 e. The Labute approximate surface area is 215 Å². The summed E-state index contributed by atoms with van der Waals surface area (Å²) in [5.41, 5.74) is 7.71. The molecule has 190 valence electrons. The van der Waals surface area contributed by atoms with E-state index in [0.717, 1.165) is 4.88 Å². The molecular weight excluding hydrogens is 497 g/mol. The van der Waals surface area contributed by atoms with Gasteiger partial charge in [-0.15, -0.1) is 11.3 Å². The first kappa shape index (κ1) is 24.6. The lowest BCUT2D eigenvalue weighted by molar-refractivity contribution is 0.149. The molecule has 0 aliphatic carbocycles. The molecule has 0 atom stereocenters. The van der Waals surface area contributed by atoms with E-state index in [2.05, 4.69) is 15.1 Å². The first-order valence-electron chi connectivity index (χ1n) is 11.4. The highest BCUT2D eigenvalue weighted by molar-refractivity contribution is 7.11. The lowest BCUT2D eigenvalue weighted by Gasteiger charge is -2.11. The lowest BCUT2D eigenvalue weighted by atomic mass is 10.1. The maximum atomic E-state index is 14.2. The first-order valence-corrected chi connectivity index (χ1v) is 12.2. The number of hydrogen-bond acceptors (Lipinski definition) is 9. The van der Waals surface area contributed by atoms with Gasteiger partial charge in [0.25, 0.3) is 0 Å². The van der Waals surface area contributed by atoms with E-state index in [1.165, 1.54) is 28.0 Å². The van der Waals surface area contributed by atoms with Crippen LogP contribution < -0.4 is 15.2 Å². The summed E-state index contributed by atoms with van der Waals surface area (Å²) in [4.78, 5) is 10.5. The first-order chi connectivity index (χ1) is 17.9. The summed E-state index contributed by atoms with van der Waals surface area (Å²) in [7, 11) is 0. The molecule has 9 nitrogen and oxygen atoms in total. The average molecular weight is 522 g/mol. The highest BCUT2D eigenvalue weighted by atomic mass is 32.1. The largest absolute Gasteiger partial charge is 0.488 e. The molecule has 0 saturated heterocycles. The van der Waals surface area contributed by atoms with Gasteiger partial charge in [-0.1, -0.05) is 0 Å². The molecule has 0 unspecified atom stereocenters. The van der Waals surface area contributed by atoms with Gasteiger partial charge in [0.2, 0.25) is 0 Å². The standard InChI is InChI=1S/C26H24FN5O4S/c1-15-2-7-22(37-15)13-35-20-8-17(27)9-21(10-20)36-19-5-3-16(4-6-19)24-23-25(28)29-14-30-26(23)32(31-24)18(11-33)12-34/h2-10,14,18,33-34H,11-13H2,1H3,(H2,28,29,30). The number of benzene rings is 2. The van der Waals surface area contributed by atoms with Gasteiger partial charge in [0, 0.05) is 33.5 Å². The highest BCUT2D eigenvalue weighted by Gasteiger charge is 2.21. The SMILES string of the molecule is Cc1ccc(COc2cc(F)cc(Oc3ccc(-c4nn(C(CO)CO)c5ncnc(N)c45)cc3)c2)s1. The molecule has 0 saturated carbocycles. The van der Waals surface area contributed by atoms with E-state index < -0.39 is 11.9 Å². The second-order valence-electron chi connectivity index (χ2n) is 8.32. The molecule has 5 aromatic rings. The van der Waals surface area contributed by atoms with E-state index in [1.807, 2.05) is 19.1 Å². The zero-order valence-electron chi connectivity index (χ0n) is 19.8. The predicted octanol–water partition coefficient (Wildman–Crippen LogP) is 4.48. The van der Waals surface area contributed by atoms with Gasteiger partial charge in [-0.05, 0) is 43.3 Å². The number of nitrogen functional groups attached to an aromatic ring is 1. The molecule has 5 rings (SSSR count). The minimum Gasteiger partial charge on any atom is -0.488 e. The molecule has 2 aromatic carbocycles. The van der Waals surface area contributed by atoms with Gasteiger partial charge in [0.05, 0.1) is 18.6 Å². The van der Waals surface area contributed by atoms with Crippen LogP contribution in [0.1, 0.15) is 15.8 Å². The van der Waals surface area contributed by atoms with Crippen LogP contribution in [-0.2, 0) is 6.61 Å². The van der Waals surface area contributed by atoms with Gasteiger partial charge in [0.15, 0.2) is 5.65 Å². The Bertz CT molecular complexity index is 1530. The summed E-state index contributed by atoms with van der Waals surface area (Å²) in [6.07, 6.45) is 1.31. The molecule has 0 bridgehead atoms. The third-order valence-electron chi connectivity index (χ3n) is 5.67. The number of aromatic nitrogens is 4. The summed E-state index contributed by atoms with van der Waals surface area (Å²) < 4.78 is 27.3. The zero-order chi connectivity index (χ0) is 25.9. The van der Waals surface area contributed by atoms with E-state index >= 15 is 0 Å². The van der Waals surface area contributed by atoms with Crippen LogP contribution in [0.4, 0.5) is 10.2 Å². The van der Waals surface area contributed by atoms with Crippen molar-refractivity contribution in [1.82, 2.24) is 19.7 Å². The lowest BCUT2D eigenvalue weighted by Crippen LogP contribution is -2.18. The molecule has 3 heterocycles. The molecule has 0 amide bonds. The Morgan fingerprint density at radius 3 is 2.46 bits per heavy atom. The quantitative estimate of drug-likeness (QED) is 0.259. The molecule has 4 N–H and O–H groups in total. The van der Waals surface area contributed by atoms with Gasteiger partial charge in [-0.25, -0.2) is 19.0 Å². The number of hydrogen-bond donors (Lipinski definition) is 3. The van der Waals surface area contributed by atoms with Crippen LogP contribution in [0, 0.1) is 12.7 Å². The van der Waals surface area contributed by atoms with Crippen molar-refractivity contribution >= 4 is 28.2 Å². The Morgan fingerprint density at radius 2 is 1.76 bits per heavy atom. The van der Waals surface area contributed by atoms with Crippen molar-refractivity contribution in [3.05, 3.63) is 76.5 Å². The van der Waals surface area contributed by atoms with Crippen LogP contribution in [0.3, 0.4) is 0 Å². The second-order valence-corrected chi connectivity index (χ2v) is 9.69. The molecule has 0 aliphatic heterocycles. The monoisotopic (exact) mass is 521 g/mol. The highest BCUT2D eigenvalue weighted by Crippen LogP contribution is 2.34. The van der Waals surface area contributed by atoms with Gasteiger partial charge in [-0.3, -0.25) is 0 Å². The van der Waals surface area contributed by atoms with E-state index in [4.69, 9.17) is 15.2 Å². The minimum absolute atomic E-state index is 0.228. The third-order valence-corrected chi connectivity index (χ3v) is 6.65. The normalized spacial score (nSPS) is 11.4. The summed E-state index contributed by atoms with van der Waals surface area (Å²) in [6.45, 7) is 1.72. The summed E-state index contributed by atoms with van der Waals surface area (Å²) >= 11 is 1.63. The van der Waals surface area contributed by atoms with Gasteiger partial charge in [-0.2, -0.15) is 5.10 Å². The number of anilines is 1. The minimum atomic E-state index is -0.679. The van der Waals surface area contributed by atoms with Crippen molar-refractivity contribution in [3.63, 3.8) is 0 Å². The van der Waals surface area contributed by atoms with Crippen LogP contribution in [0.25, 0.3) is 22.3 Å². The molecule has 3 aromatic heterocycles. The fourth-order valence-electron chi connectivity index (χ4n) is 3.88.